The van der Waals surface area contributed by atoms with Gasteiger partial charge in [0.05, 0.1) is 28.3 Å². The second-order valence-electron chi connectivity index (χ2n) is 7.26. The van der Waals surface area contributed by atoms with Crippen molar-refractivity contribution in [3.05, 3.63) is 39.8 Å². The molecule has 1 saturated heterocycles. The Bertz CT molecular complexity index is 1080. The summed E-state index contributed by atoms with van der Waals surface area (Å²) in [5.41, 5.74) is 2.79. The van der Waals surface area contributed by atoms with Crippen LogP contribution in [0.1, 0.15) is 39.1 Å². The second kappa shape index (κ2) is 8.43. The minimum absolute atomic E-state index is 0.0647. The van der Waals surface area contributed by atoms with Crippen molar-refractivity contribution in [2.75, 3.05) is 37.7 Å². The molecular formula is C21H25N5O3S. The molecule has 1 aliphatic heterocycles. The molecule has 0 N–H and O–H groups in total. The fourth-order valence-corrected chi connectivity index (χ4v) is 4.67. The number of amides is 1. The molecule has 8 nitrogen and oxygen atoms in total. The average molecular weight is 428 g/mol. The lowest BCUT2D eigenvalue weighted by atomic mass is 10.1. The zero-order valence-electron chi connectivity index (χ0n) is 17.4. The number of carbonyl (C=O) groups excluding carboxylic acids is 2. The molecule has 3 aromatic rings. The molecule has 158 valence electrons. The van der Waals surface area contributed by atoms with Gasteiger partial charge in [0.25, 0.3) is 5.91 Å². The summed E-state index contributed by atoms with van der Waals surface area (Å²) in [5.74, 6) is -0.323. The largest absolute Gasteiger partial charge is 0.462 e. The van der Waals surface area contributed by atoms with Gasteiger partial charge in [-0.2, -0.15) is 5.10 Å². The Hall–Kier alpha value is -2.94. The van der Waals surface area contributed by atoms with E-state index in [1.807, 2.05) is 36.4 Å². The van der Waals surface area contributed by atoms with Gasteiger partial charge < -0.3 is 14.5 Å². The number of aromatic nitrogens is 3. The Morgan fingerprint density at radius 3 is 2.80 bits per heavy atom. The van der Waals surface area contributed by atoms with Crippen molar-refractivity contribution >= 4 is 39.9 Å². The molecule has 0 unspecified atom stereocenters. The maximum absolute atomic E-state index is 12.8. The maximum Gasteiger partial charge on any atom is 0.341 e. The van der Waals surface area contributed by atoms with Crippen LogP contribution in [0.5, 0.6) is 0 Å². The molecule has 30 heavy (non-hydrogen) atoms. The SMILES string of the molecule is CCOC(=O)c1cnc2c(c(C)nn2C)c1N1CCCN(C(=O)c2cccs2)CC1. The summed E-state index contributed by atoms with van der Waals surface area (Å²) in [4.78, 5) is 34.8. The van der Waals surface area contributed by atoms with Crippen LogP contribution in [-0.2, 0) is 11.8 Å². The average Bonchev–Trinajstić information content (AvgIpc) is 3.29. The van der Waals surface area contributed by atoms with Crippen LogP contribution in [0.4, 0.5) is 5.69 Å². The molecule has 0 saturated carbocycles. The van der Waals surface area contributed by atoms with Gasteiger partial charge in [-0.15, -0.1) is 11.3 Å². The highest BCUT2D eigenvalue weighted by molar-refractivity contribution is 7.12. The van der Waals surface area contributed by atoms with Crippen LogP contribution in [0.3, 0.4) is 0 Å². The van der Waals surface area contributed by atoms with Gasteiger partial charge in [-0.25, -0.2) is 9.78 Å². The first kappa shape index (κ1) is 20.3. The number of anilines is 1. The number of aryl methyl sites for hydroxylation is 2. The number of hydrogen-bond acceptors (Lipinski definition) is 7. The molecule has 4 heterocycles. The van der Waals surface area contributed by atoms with E-state index in [4.69, 9.17) is 4.74 Å². The van der Waals surface area contributed by atoms with E-state index in [0.29, 0.717) is 31.8 Å². The van der Waals surface area contributed by atoms with Gasteiger partial charge >= 0.3 is 5.97 Å². The van der Waals surface area contributed by atoms with Crippen molar-refractivity contribution in [2.24, 2.45) is 7.05 Å². The Kier molecular flexibility index (Phi) is 5.72. The van der Waals surface area contributed by atoms with Crippen molar-refractivity contribution in [2.45, 2.75) is 20.3 Å². The lowest BCUT2D eigenvalue weighted by molar-refractivity contribution is 0.0526. The van der Waals surface area contributed by atoms with Crippen molar-refractivity contribution in [1.29, 1.82) is 0 Å². The Morgan fingerprint density at radius 1 is 1.23 bits per heavy atom. The Labute approximate surface area is 179 Å². The van der Waals surface area contributed by atoms with E-state index in [0.717, 1.165) is 40.3 Å². The minimum atomic E-state index is -0.388. The molecule has 4 rings (SSSR count). The van der Waals surface area contributed by atoms with Gasteiger partial charge in [0, 0.05) is 39.4 Å². The van der Waals surface area contributed by atoms with Gasteiger partial charge in [0.15, 0.2) is 5.65 Å². The number of fused-ring (bicyclic) bond motifs is 1. The number of rotatable bonds is 4. The van der Waals surface area contributed by atoms with Crippen LogP contribution < -0.4 is 4.90 Å². The number of ether oxygens (including phenoxy) is 1. The lowest BCUT2D eigenvalue weighted by Gasteiger charge is -2.26. The van der Waals surface area contributed by atoms with Crippen LogP contribution in [0.15, 0.2) is 23.7 Å². The molecule has 3 aromatic heterocycles. The summed E-state index contributed by atoms with van der Waals surface area (Å²) in [5, 5.41) is 7.29. The number of pyridine rings is 1. The topological polar surface area (TPSA) is 80.6 Å². The molecule has 9 heteroatoms. The fraction of sp³-hybridized carbons (Fsp3) is 0.429. The maximum atomic E-state index is 12.8. The predicted molar refractivity (Wildman–Crippen MR) is 116 cm³/mol. The third-order valence-electron chi connectivity index (χ3n) is 5.33. The van der Waals surface area contributed by atoms with Crippen LogP contribution in [0.2, 0.25) is 0 Å². The monoisotopic (exact) mass is 427 g/mol. The van der Waals surface area contributed by atoms with Crippen molar-refractivity contribution in [3.8, 4) is 0 Å². The highest BCUT2D eigenvalue weighted by atomic mass is 32.1. The Morgan fingerprint density at radius 2 is 2.07 bits per heavy atom. The molecule has 1 amide bonds. The zero-order valence-corrected chi connectivity index (χ0v) is 18.2. The molecule has 1 aliphatic rings. The smallest absolute Gasteiger partial charge is 0.341 e. The van der Waals surface area contributed by atoms with Crippen LogP contribution in [0, 0.1) is 6.92 Å². The first-order valence-corrected chi connectivity index (χ1v) is 11.0. The molecular weight excluding hydrogens is 402 g/mol. The molecule has 1 fully saturated rings. The van der Waals surface area contributed by atoms with Crippen molar-refractivity contribution in [1.82, 2.24) is 19.7 Å². The zero-order chi connectivity index (χ0) is 21.3. The van der Waals surface area contributed by atoms with E-state index in [-0.39, 0.29) is 11.9 Å². The van der Waals surface area contributed by atoms with Crippen LogP contribution >= 0.6 is 11.3 Å². The van der Waals surface area contributed by atoms with Crippen LogP contribution in [0.25, 0.3) is 11.0 Å². The van der Waals surface area contributed by atoms with Gasteiger partial charge in [0.2, 0.25) is 0 Å². The third-order valence-corrected chi connectivity index (χ3v) is 6.18. The van der Waals surface area contributed by atoms with E-state index >= 15 is 0 Å². The van der Waals surface area contributed by atoms with Gasteiger partial charge in [-0.3, -0.25) is 9.48 Å². The van der Waals surface area contributed by atoms with Crippen molar-refractivity contribution in [3.63, 3.8) is 0 Å². The number of thiophene rings is 1. The molecule has 0 spiro atoms. The normalized spacial score (nSPS) is 14.8. The predicted octanol–water partition coefficient (Wildman–Crippen LogP) is 2.87. The summed E-state index contributed by atoms with van der Waals surface area (Å²) in [6.45, 7) is 6.63. The summed E-state index contributed by atoms with van der Waals surface area (Å²) in [7, 11) is 1.85. The standard InChI is InChI=1S/C21H25N5O3S/c1-4-29-21(28)15-13-22-19-17(14(2)23-24(19)3)18(15)25-8-6-9-26(11-10-25)20(27)16-7-5-12-30-16/h5,7,12-13H,4,6,8-11H2,1-3H3. The van der Waals surface area contributed by atoms with E-state index in [9.17, 15) is 9.59 Å². The van der Waals surface area contributed by atoms with Crippen molar-refractivity contribution < 1.29 is 14.3 Å². The van der Waals surface area contributed by atoms with E-state index in [1.165, 1.54) is 11.3 Å². The van der Waals surface area contributed by atoms with Gasteiger partial charge in [-0.1, -0.05) is 6.07 Å². The molecule has 0 aromatic carbocycles. The second-order valence-corrected chi connectivity index (χ2v) is 8.21. The van der Waals surface area contributed by atoms with E-state index in [2.05, 4.69) is 15.0 Å². The number of hydrogen-bond donors (Lipinski definition) is 0. The third kappa shape index (κ3) is 3.65. The van der Waals surface area contributed by atoms with Gasteiger partial charge in [0.1, 0.15) is 5.56 Å². The fourth-order valence-electron chi connectivity index (χ4n) is 3.98. The summed E-state index contributed by atoms with van der Waals surface area (Å²) < 4.78 is 7.03. The van der Waals surface area contributed by atoms with Crippen LogP contribution in [-0.4, -0.2) is 64.3 Å². The molecule has 0 bridgehead atoms. The molecule has 0 atom stereocenters. The number of esters is 1. The summed E-state index contributed by atoms with van der Waals surface area (Å²) in [6, 6.07) is 3.76. The minimum Gasteiger partial charge on any atom is -0.462 e. The van der Waals surface area contributed by atoms with E-state index in [1.54, 1.807) is 17.8 Å². The number of nitrogens with zero attached hydrogens (tertiary/aromatic N) is 5. The highest BCUT2D eigenvalue weighted by Gasteiger charge is 2.27. The first-order valence-electron chi connectivity index (χ1n) is 10.1. The number of carbonyl (C=O) groups is 2. The summed E-state index contributed by atoms with van der Waals surface area (Å²) >= 11 is 1.46. The van der Waals surface area contributed by atoms with E-state index < -0.39 is 0 Å². The molecule has 0 aliphatic carbocycles. The first-order chi connectivity index (χ1) is 14.5. The Balaban J connectivity index is 1.70. The lowest BCUT2D eigenvalue weighted by Crippen LogP contribution is -2.35. The van der Waals surface area contributed by atoms with Gasteiger partial charge in [-0.05, 0) is 31.7 Å². The molecule has 0 radical (unpaired) electrons. The quantitative estimate of drug-likeness (QED) is 0.596. The highest BCUT2D eigenvalue weighted by Crippen LogP contribution is 2.33. The summed E-state index contributed by atoms with van der Waals surface area (Å²) in [6.07, 6.45) is 2.39.